The summed E-state index contributed by atoms with van der Waals surface area (Å²) >= 11 is 0. The minimum atomic E-state index is -4.94. The zero-order valence-corrected chi connectivity index (χ0v) is 55.8. The van der Waals surface area contributed by atoms with Gasteiger partial charge in [0.25, 0.3) is 0 Å². The van der Waals surface area contributed by atoms with Crippen LogP contribution in [0, 0.1) is 5.92 Å². The van der Waals surface area contributed by atoms with E-state index >= 15 is 0 Å². The smallest absolute Gasteiger partial charge is 0.462 e. The van der Waals surface area contributed by atoms with Gasteiger partial charge in [0.2, 0.25) is 0 Å². The van der Waals surface area contributed by atoms with E-state index in [0.717, 1.165) is 102 Å². The van der Waals surface area contributed by atoms with Gasteiger partial charge in [-0.15, -0.1) is 0 Å². The Labute approximate surface area is 511 Å². The number of hydrogen-bond acceptors (Lipinski definition) is 15. The van der Waals surface area contributed by atoms with Crippen LogP contribution in [0.2, 0.25) is 0 Å². The molecule has 498 valence electrons. The Hall–Kier alpha value is -1.94. The highest BCUT2D eigenvalue weighted by Crippen LogP contribution is 2.45. The van der Waals surface area contributed by atoms with Gasteiger partial charge in [-0.25, -0.2) is 9.13 Å². The highest BCUT2D eigenvalue weighted by molar-refractivity contribution is 7.47. The summed E-state index contributed by atoms with van der Waals surface area (Å²) in [6.07, 6.45) is 43.1. The molecular weight excluding hydrogens is 1110 g/mol. The van der Waals surface area contributed by atoms with E-state index in [0.29, 0.717) is 25.7 Å². The molecule has 0 aromatic carbocycles. The quantitative estimate of drug-likeness (QED) is 0.0222. The molecule has 0 rings (SSSR count). The Morgan fingerprint density at radius 1 is 0.321 bits per heavy atom. The fourth-order valence-electron chi connectivity index (χ4n) is 9.76. The van der Waals surface area contributed by atoms with Crippen molar-refractivity contribution in [3.05, 3.63) is 0 Å². The third-order valence-electron chi connectivity index (χ3n) is 15.0. The number of aliphatic hydroxyl groups is 1. The highest BCUT2D eigenvalue weighted by atomic mass is 31.2. The zero-order chi connectivity index (χ0) is 62.0. The van der Waals surface area contributed by atoms with Gasteiger partial charge in [-0.05, 0) is 31.6 Å². The molecule has 3 N–H and O–H groups in total. The standard InChI is InChI=1S/C65H126O17P2/c1-6-9-12-15-18-28-34-39-44-49-63(68)76-55-61(82-65(70)51-46-41-36-31-27-25-23-21-22-24-26-30-32-37-42-47-58(4)5)57-80-84(73,74)78-53-59(66)52-77-83(71,72)79-56-60(54-75-62(67)48-43-38-33-20-17-14-11-8-3)81-64(69)50-45-40-35-29-19-16-13-10-7-2/h58-61,66H,6-57H2,1-5H3,(H,71,72)(H,73,74)/t59-,60+,61+/m0/s1. The number of phosphoric acid groups is 2. The second-order valence-corrected chi connectivity index (χ2v) is 26.9. The number of aliphatic hydroxyl groups excluding tert-OH is 1. The van der Waals surface area contributed by atoms with Gasteiger partial charge in [-0.2, -0.15) is 0 Å². The fraction of sp³-hybridized carbons (Fsp3) is 0.938. The molecule has 0 spiro atoms. The predicted molar refractivity (Wildman–Crippen MR) is 335 cm³/mol. The molecule has 0 amide bonds. The number of carbonyl (C=O) groups excluding carboxylic acids is 4. The lowest BCUT2D eigenvalue weighted by atomic mass is 10.0. The van der Waals surface area contributed by atoms with Crippen LogP contribution in [-0.4, -0.2) is 96.7 Å². The lowest BCUT2D eigenvalue weighted by molar-refractivity contribution is -0.161. The molecule has 5 atom stereocenters. The Balaban J connectivity index is 5.15. The van der Waals surface area contributed by atoms with Crippen LogP contribution in [0.15, 0.2) is 0 Å². The first kappa shape index (κ1) is 82.1. The Kier molecular flexibility index (Phi) is 57.4. The lowest BCUT2D eigenvalue weighted by Crippen LogP contribution is -2.30. The first-order valence-electron chi connectivity index (χ1n) is 34.1. The zero-order valence-electron chi connectivity index (χ0n) is 54.0. The largest absolute Gasteiger partial charge is 0.472 e. The van der Waals surface area contributed by atoms with E-state index in [9.17, 15) is 43.2 Å². The molecule has 0 aromatic rings. The van der Waals surface area contributed by atoms with Crippen LogP contribution in [-0.2, 0) is 65.4 Å². The molecule has 2 unspecified atom stereocenters. The molecule has 0 aliphatic rings. The maximum atomic E-state index is 13.0. The number of unbranched alkanes of at least 4 members (excludes halogenated alkanes) is 37. The summed E-state index contributed by atoms with van der Waals surface area (Å²) in [5.74, 6) is -1.33. The van der Waals surface area contributed by atoms with E-state index < -0.39 is 97.5 Å². The van der Waals surface area contributed by atoms with Crippen molar-refractivity contribution in [2.24, 2.45) is 5.92 Å². The number of phosphoric ester groups is 2. The van der Waals surface area contributed by atoms with Gasteiger partial charge in [0, 0.05) is 25.7 Å². The van der Waals surface area contributed by atoms with Crippen LogP contribution in [0.3, 0.4) is 0 Å². The first-order valence-corrected chi connectivity index (χ1v) is 37.1. The van der Waals surface area contributed by atoms with Crippen LogP contribution in [0.25, 0.3) is 0 Å². The first-order chi connectivity index (χ1) is 40.5. The van der Waals surface area contributed by atoms with E-state index in [4.69, 9.17) is 37.0 Å². The predicted octanol–water partition coefficient (Wildman–Crippen LogP) is 18.2. The average Bonchev–Trinajstić information content (AvgIpc) is 3.64. The summed E-state index contributed by atoms with van der Waals surface area (Å²) < 4.78 is 67.9. The summed E-state index contributed by atoms with van der Waals surface area (Å²) in [7, 11) is -9.88. The number of rotatable bonds is 65. The third-order valence-corrected chi connectivity index (χ3v) is 16.9. The van der Waals surface area contributed by atoms with Gasteiger partial charge in [0.05, 0.1) is 26.4 Å². The lowest BCUT2D eigenvalue weighted by Gasteiger charge is -2.21. The van der Waals surface area contributed by atoms with Gasteiger partial charge in [-0.3, -0.25) is 37.3 Å². The normalized spacial score (nSPS) is 14.2. The van der Waals surface area contributed by atoms with Crippen LogP contribution in [0.4, 0.5) is 0 Å². The molecule has 0 aromatic heterocycles. The van der Waals surface area contributed by atoms with Gasteiger partial charge >= 0.3 is 39.5 Å². The fourth-order valence-corrected chi connectivity index (χ4v) is 11.3. The molecule has 0 saturated heterocycles. The van der Waals surface area contributed by atoms with Gasteiger partial charge in [0.15, 0.2) is 12.2 Å². The van der Waals surface area contributed by atoms with Crippen molar-refractivity contribution in [1.29, 1.82) is 0 Å². The number of ether oxygens (including phenoxy) is 4. The van der Waals surface area contributed by atoms with Crippen molar-refractivity contribution in [2.75, 3.05) is 39.6 Å². The Morgan fingerprint density at radius 2 is 0.548 bits per heavy atom. The summed E-state index contributed by atoms with van der Waals surface area (Å²) in [5.41, 5.74) is 0. The van der Waals surface area contributed by atoms with Crippen molar-refractivity contribution in [3.63, 3.8) is 0 Å². The minimum Gasteiger partial charge on any atom is -0.462 e. The van der Waals surface area contributed by atoms with Crippen molar-refractivity contribution in [1.82, 2.24) is 0 Å². The summed E-state index contributed by atoms with van der Waals surface area (Å²) in [4.78, 5) is 72.1. The molecule has 17 nitrogen and oxygen atoms in total. The van der Waals surface area contributed by atoms with E-state index in [-0.39, 0.29) is 25.7 Å². The summed E-state index contributed by atoms with van der Waals surface area (Å²) in [6.45, 7) is 7.17. The maximum absolute atomic E-state index is 13.0. The van der Waals surface area contributed by atoms with Gasteiger partial charge in [0.1, 0.15) is 19.3 Å². The maximum Gasteiger partial charge on any atom is 0.472 e. The minimum absolute atomic E-state index is 0.106. The van der Waals surface area contributed by atoms with Crippen LogP contribution >= 0.6 is 15.6 Å². The molecule has 84 heavy (non-hydrogen) atoms. The van der Waals surface area contributed by atoms with E-state index in [1.165, 1.54) is 148 Å². The van der Waals surface area contributed by atoms with E-state index in [1.54, 1.807) is 0 Å². The Morgan fingerprint density at radius 3 is 0.810 bits per heavy atom. The van der Waals surface area contributed by atoms with Gasteiger partial charge < -0.3 is 33.8 Å². The van der Waals surface area contributed by atoms with Gasteiger partial charge in [-0.1, -0.05) is 279 Å². The second-order valence-electron chi connectivity index (χ2n) is 24.0. The molecule has 0 aliphatic heterocycles. The summed E-state index contributed by atoms with van der Waals surface area (Å²) in [5, 5.41) is 10.5. The van der Waals surface area contributed by atoms with Crippen LogP contribution in [0.1, 0.15) is 330 Å². The topological polar surface area (TPSA) is 237 Å². The van der Waals surface area contributed by atoms with Crippen molar-refractivity contribution >= 4 is 39.5 Å². The average molecular weight is 1240 g/mol. The molecule has 0 fully saturated rings. The SMILES string of the molecule is CCCCCCCCCCCC(=O)OC[C@H](COP(=O)(O)OC[C@@H](O)COP(=O)(O)OC[C@@H](COC(=O)CCCCCCCCCC)OC(=O)CCCCCCCCCCC)OC(=O)CCCCCCCCCCCCCCCCCC(C)C. The molecule has 0 saturated carbocycles. The van der Waals surface area contributed by atoms with E-state index in [1.807, 2.05) is 0 Å². The molecule has 0 bridgehead atoms. The van der Waals surface area contributed by atoms with E-state index in [2.05, 4.69) is 34.6 Å². The monoisotopic (exact) mass is 1240 g/mol. The highest BCUT2D eigenvalue weighted by Gasteiger charge is 2.30. The third kappa shape index (κ3) is 59.0. The van der Waals surface area contributed by atoms with Crippen molar-refractivity contribution in [3.8, 4) is 0 Å². The number of hydrogen-bond donors (Lipinski definition) is 3. The summed E-state index contributed by atoms with van der Waals surface area (Å²) in [6, 6.07) is 0. The molecule has 0 radical (unpaired) electrons. The Bertz CT molecular complexity index is 1640. The molecule has 19 heteroatoms. The van der Waals surface area contributed by atoms with Crippen LogP contribution in [0.5, 0.6) is 0 Å². The molecular formula is C65H126O17P2. The van der Waals surface area contributed by atoms with Crippen molar-refractivity contribution < 1.29 is 80.2 Å². The number of esters is 4. The second kappa shape index (κ2) is 58.7. The number of carbonyl (C=O) groups is 4. The molecule has 0 heterocycles. The molecule has 0 aliphatic carbocycles. The van der Waals surface area contributed by atoms with Crippen molar-refractivity contribution in [2.45, 2.75) is 348 Å². The van der Waals surface area contributed by atoms with Crippen LogP contribution < -0.4 is 0 Å².